The largest absolute Gasteiger partial charge is 0.299 e. The van der Waals surface area contributed by atoms with Gasteiger partial charge in [-0.2, -0.15) is 13.1 Å². The second-order valence-electron chi connectivity index (χ2n) is 2.73. The van der Waals surface area contributed by atoms with Crippen LogP contribution in [0.25, 0.3) is 0 Å². The van der Waals surface area contributed by atoms with Crippen LogP contribution in [0.15, 0.2) is 18.2 Å². The molecule has 1 aromatic carbocycles. The van der Waals surface area contributed by atoms with Gasteiger partial charge in [-0.15, -0.1) is 0 Å². The molecular weight excluding hydrogens is 351 g/mol. The summed E-state index contributed by atoms with van der Waals surface area (Å²) in [6, 6.07) is 4.94. The molecule has 7 heteroatoms. The van der Waals surface area contributed by atoms with Crippen molar-refractivity contribution in [2.45, 2.75) is 6.92 Å². The van der Waals surface area contributed by atoms with Crippen molar-refractivity contribution >= 4 is 50.1 Å². The second kappa shape index (κ2) is 5.33. The van der Waals surface area contributed by atoms with E-state index < -0.39 is 10.2 Å². The maximum absolute atomic E-state index is 11.4. The predicted molar refractivity (Wildman–Crippen MR) is 70.4 cm³/mol. The van der Waals surface area contributed by atoms with Crippen molar-refractivity contribution in [3.63, 3.8) is 0 Å². The molecule has 0 saturated heterocycles. The molecule has 0 aliphatic rings. The molecule has 0 aromatic heterocycles. The number of hydrogen-bond donors (Lipinski definition) is 2. The van der Waals surface area contributed by atoms with Gasteiger partial charge in [0.15, 0.2) is 0 Å². The molecule has 0 radical (unpaired) electrons. The van der Waals surface area contributed by atoms with Crippen LogP contribution in [0.2, 0.25) is 5.02 Å². The molecule has 0 saturated carbocycles. The van der Waals surface area contributed by atoms with Crippen molar-refractivity contribution in [3.8, 4) is 0 Å². The average molecular weight is 361 g/mol. The molecule has 0 heterocycles. The fourth-order valence-corrected chi connectivity index (χ4v) is 3.05. The lowest BCUT2D eigenvalue weighted by Gasteiger charge is -2.09. The number of halogens is 2. The highest BCUT2D eigenvalue weighted by atomic mass is 127. The first kappa shape index (κ1) is 13.0. The quantitative estimate of drug-likeness (QED) is 0.809. The van der Waals surface area contributed by atoms with Gasteiger partial charge in [-0.25, -0.2) is 0 Å². The van der Waals surface area contributed by atoms with Gasteiger partial charge in [-0.05, 0) is 40.8 Å². The Labute approximate surface area is 108 Å². The van der Waals surface area contributed by atoms with Crippen molar-refractivity contribution < 1.29 is 8.42 Å². The smallest absolute Gasteiger partial charge is 0.270 e. The average Bonchev–Trinajstić information content (AvgIpc) is 2.09. The van der Waals surface area contributed by atoms with E-state index in [0.717, 1.165) is 3.57 Å². The van der Waals surface area contributed by atoms with Gasteiger partial charge in [-0.3, -0.25) is 4.72 Å². The Morgan fingerprint density at radius 3 is 2.67 bits per heavy atom. The lowest BCUT2D eigenvalue weighted by molar-refractivity contribution is 0.589. The van der Waals surface area contributed by atoms with Crippen LogP contribution >= 0.6 is 34.2 Å². The summed E-state index contributed by atoms with van der Waals surface area (Å²) in [5, 5.41) is 0.575. The van der Waals surface area contributed by atoms with Gasteiger partial charge in [-0.1, -0.05) is 18.5 Å². The number of anilines is 1. The van der Waals surface area contributed by atoms with E-state index in [1.54, 1.807) is 25.1 Å². The first-order valence-electron chi connectivity index (χ1n) is 4.17. The van der Waals surface area contributed by atoms with Crippen LogP contribution in [0.3, 0.4) is 0 Å². The van der Waals surface area contributed by atoms with Gasteiger partial charge in [0, 0.05) is 15.1 Å². The summed E-state index contributed by atoms with van der Waals surface area (Å²) in [6.07, 6.45) is 0. The first-order valence-corrected chi connectivity index (χ1v) is 7.11. The van der Waals surface area contributed by atoms with Gasteiger partial charge < -0.3 is 0 Å². The normalized spacial score (nSPS) is 11.4. The fraction of sp³-hybridized carbons (Fsp3) is 0.250. The summed E-state index contributed by atoms with van der Waals surface area (Å²) in [5.41, 5.74) is 0.515. The van der Waals surface area contributed by atoms with E-state index in [2.05, 4.69) is 9.44 Å². The highest BCUT2D eigenvalue weighted by molar-refractivity contribution is 14.1. The Morgan fingerprint density at radius 1 is 1.47 bits per heavy atom. The topological polar surface area (TPSA) is 58.2 Å². The molecule has 0 unspecified atom stereocenters. The zero-order valence-corrected chi connectivity index (χ0v) is 11.6. The SMILES string of the molecule is CCNS(=O)(=O)Nc1ccc(Cl)cc1I. The van der Waals surface area contributed by atoms with E-state index >= 15 is 0 Å². The summed E-state index contributed by atoms with van der Waals surface area (Å²) >= 11 is 7.77. The van der Waals surface area contributed by atoms with E-state index in [1.165, 1.54) is 0 Å². The zero-order valence-electron chi connectivity index (χ0n) is 7.92. The van der Waals surface area contributed by atoms with E-state index in [4.69, 9.17) is 11.6 Å². The summed E-state index contributed by atoms with van der Waals surface area (Å²) in [7, 11) is -3.47. The van der Waals surface area contributed by atoms with Crippen LogP contribution in [0.1, 0.15) is 6.92 Å². The number of nitrogens with one attached hydrogen (secondary N) is 2. The molecule has 0 aliphatic heterocycles. The van der Waals surface area contributed by atoms with Crippen molar-refractivity contribution in [1.29, 1.82) is 0 Å². The van der Waals surface area contributed by atoms with Gasteiger partial charge in [0.25, 0.3) is 10.2 Å². The number of rotatable bonds is 4. The minimum atomic E-state index is -3.47. The van der Waals surface area contributed by atoms with Gasteiger partial charge in [0.05, 0.1) is 5.69 Å². The summed E-state index contributed by atoms with van der Waals surface area (Å²) in [6.45, 7) is 2.06. The van der Waals surface area contributed by atoms with Crippen molar-refractivity contribution in [3.05, 3.63) is 26.8 Å². The fourth-order valence-electron chi connectivity index (χ4n) is 0.943. The summed E-state index contributed by atoms with van der Waals surface area (Å²) < 4.78 is 28.3. The Hall–Kier alpha value is -0.0500. The Kier molecular flexibility index (Phi) is 4.63. The van der Waals surface area contributed by atoms with Crippen molar-refractivity contribution in [2.75, 3.05) is 11.3 Å². The molecular formula is C8H10ClIN2O2S. The van der Waals surface area contributed by atoms with Crippen LogP contribution in [-0.2, 0) is 10.2 Å². The third kappa shape index (κ3) is 4.13. The molecule has 0 aliphatic carbocycles. The van der Waals surface area contributed by atoms with Crippen LogP contribution in [0.4, 0.5) is 5.69 Å². The molecule has 0 bridgehead atoms. The minimum absolute atomic E-state index is 0.347. The zero-order chi connectivity index (χ0) is 11.5. The van der Waals surface area contributed by atoms with Crippen molar-refractivity contribution in [1.82, 2.24) is 4.72 Å². The molecule has 0 amide bonds. The lowest BCUT2D eigenvalue weighted by Crippen LogP contribution is -2.30. The van der Waals surface area contributed by atoms with Crippen LogP contribution in [0, 0.1) is 3.57 Å². The number of hydrogen-bond acceptors (Lipinski definition) is 2. The maximum atomic E-state index is 11.4. The molecule has 15 heavy (non-hydrogen) atoms. The minimum Gasteiger partial charge on any atom is -0.270 e. The third-order valence-corrected chi connectivity index (χ3v) is 3.79. The van der Waals surface area contributed by atoms with E-state index in [0.29, 0.717) is 17.3 Å². The Morgan fingerprint density at radius 2 is 2.13 bits per heavy atom. The second-order valence-corrected chi connectivity index (χ2v) is 5.83. The van der Waals surface area contributed by atoms with Crippen molar-refractivity contribution in [2.24, 2.45) is 0 Å². The monoisotopic (exact) mass is 360 g/mol. The van der Waals surface area contributed by atoms with Crippen LogP contribution < -0.4 is 9.44 Å². The van der Waals surface area contributed by atoms with E-state index in [9.17, 15) is 8.42 Å². The van der Waals surface area contributed by atoms with Gasteiger partial charge in [0.1, 0.15) is 0 Å². The van der Waals surface area contributed by atoms with Crippen LogP contribution in [-0.4, -0.2) is 15.0 Å². The van der Waals surface area contributed by atoms with Crippen LogP contribution in [0.5, 0.6) is 0 Å². The standard InChI is InChI=1S/C8H10ClIN2O2S/c1-2-11-15(13,14)12-8-4-3-6(9)5-7(8)10/h3-5,11-12H,2H2,1H3. The highest BCUT2D eigenvalue weighted by Gasteiger charge is 2.09. The molecule has 0 atom stereocenters. The van der Waals surface area contributed by atoms with E-state index in [1.807, 2.05) is 22.6 Å². The maximum Gasteiger partial charge on any atom is 0.299 e. The predicted octanol–water partition coefficient (Wildman–Crippen LogP) is 2.21. The van der Waals surface area contributed by atoms with Gasteiger partial charge in [0.2, 0.25) is 0 Å². The molecule has 1 aromatic rings. The molecule has 0 spiro atoms. The molecule has 0 fully saturated rings. The lowest BCUT2D eigenvalue weighted by atomic mass is 10.3. The molecule has 4 nitrogen and oxygen atoms in total. The Bertz CT molecular complexity index is 450. The first-order chi connectivity index (χ1) is 6.94. The summed E-state index contributed by atoms with van der Waals surface area (Å²) in [5.74, 6) is 0. The Balaban J connectivity index is 2.90. The van der Waals surface area contributed by atoms with Gasteiger partial charge >= 0.3 is 0 Å². The molecule has 84 valence electrons. The third-order valence-electron chi connectivity index (χ3n) is 1.51. The van der Waals surface area contributed by atoms with E-state index in [-0.39, 0.29) is 0 Å². The highest BCUT2D eigenvalue weighted by Crippen LogP contribution is 2.22. The number of benzene rings is 1. The molecule has 1 rings (SSSR count). The molecule has 2 N–H and O–H groups in total. The summed E-state index contributed by atoms with van der Waals surface area (Å²) in [4.78, 5) is 0.